The van der Waals surface area contributed by atoms with Crippen LogP contribution in [0, 0.1) is 5.92 Å². The second kappa shape index (κ2) is 4.37. The molecule has 1 heterocycles. The largest absolute Gasteiger partial charge is 0.389 e. The van der Waals surface area contributed by atoms with Crippen LogP contribution in [0.2, 0.25) is 0 Å². The van der Waals surface area contributed by atoms with Gasteiger partial charge in [0.05, 0.1) is 5.56 Å². The number of aromatic nitrogens is 1. The highest BCUT2D eigenvalue weighted by molar-refractivity contribution is 7.80. The third-order valence-corrected chi connectivity index (χ3v) is 3.52. The van der Waals surface area contributed by atoms with Crippen LogP contribution in [0.25, 0.3) is 0 Å². The number of hydrogen-bond acceptors (Lipinski definition) is 3. The highest BCUT2D eigenvalue weighted by Gasteiger charge is 2.31. The molecular weight excluding hydrogens is 218 g/mol. The average Bonchev–Trinajstić information content (AvgIpc) is 3.11. The third kappa shape index (κ3) is 2.16. The van der Waals surface area contributed by atoms with Crippen molar-refractivity contribution in [3.8, 4) is 0 Å². The van der Waals surface area contributed by atoms with Crippen molar-refractivity contribution in [2.24, 2.45) is 11.7 Å². The van der Waals surface area contributed by atoms with E-state index in [9.17, 15) is 0 Å². The zero-order chi connectivity index (χ0) is 11.7. The summed E-state index contributed by atoms with van der Waals surface area (Å²) in [5.41, 5.74) is 6.58. The van der Waals surface area contributed by atoms with Crippen LogP contribution in [0.3, 0.4) is 0 Å². The van der Waals surface area contributed by atoms with Crippen molar-refractivity contribution in [2.75, 3.05) is 11.9 Å². The summed E-state index contributed by atoms with van der Waals surface area (Å²) in [7, 11) is 2.06. The Bertz CT molecular complexity index is 401. The number of rotatable bonds is 4. The minimum Gasteiger partial charge on any atom is -0.389 e. The summed E-state index contributed by atoms with van der Waals surface area (Å²) in [6.45, 7) is 2.23. The molecule has 86 valence electrons. The van der Waals surface area contributed by atoms with Crippen molar-refractivity contribution < 1.29 is 0 Å². The second-order valence-electron chi connectivity index (χ2n) is 4.43. The van der Waals surface area contributed by atoms with Gasteiger partial charge >= 0.3 is 0 Å². The van der Waals surface area contributed by atoms with Crippen molar-refractivity contribution in [1.29, 1.82) is 0 Å². The fourth-order valence-corrected chi connectivity index (χ4v) is 2.12. The molecule has 1 fully saturated rings. The first-order valence-electron chi connectivity index (χ1n) is 5.59. The van der Waals surface area contributed by atoms with Crippen molar-refractivity contribution in [3.63, 3.8) is 0 Å². The third-order valence-electron chi connectivity index (χ3n) is 3.30. The topological polar surface area (TPSA) is 42.2 Å². The number of anilines is 1. The van der Waals surface area contributed by atoms with E-state index in [4.69, 9.17) is 18.0 Å². The lowest BCUT2D eigenvalue weighted by molar-refractivity contribution is 0.603. The number of nitrogens with zero attached hydrogens (tertiary/aromatic N) is 2. The Labute approximate surface area is 102 Å². The molecule has 0 saturated heterocycles. The molecular formula is C12H17N3S. The standard InChI is InChI=1S/C12H17N3S/c1-8(9-5-6-9)15(2)12-10(11(13)16)4-3-7-14-12/h3-4,7-9H,5-6H2,1-2H3,(H2,13,16). The number of nitrogens with two attached hydrogens (primary N) is 1. The van der Waals surface area contributed by atoms with Gasteiger partial charge in [-0.3, -0.25) is 0 Å². The summed E-state index contributed by atoms with van der Waals surface area (Å²) in [6.07, 6.45) is 4.43. The van der Waals surface area contributed by atoms with Crippen LogP contribution in [0.5, 0.6) is 0 Å². The Balaban J connectivity index is 2.27. The molecule has 0 aromatic carbocycles. The van der Waals surface area contributed by atoms with E-state index >= 15 is 0 Å². The maximum atomic E-state index is 5.71. The van der Waals surface area contributed by atoms with Gasteiger partial charge in [-0.05, 0) is 37.8 Å². The van der Waals surface area contributed by atoms with Gasteiger partial charge in [-0.1, -0.05) is 12.2 Å². The van der Waals surface area contributed by atoms with Crippen LogP contribution in [0.4, 0.5) is 5.82 Å². The van der Waals surface area contributed by atoms with Crippen molar-refractivity contribution in [2.45, 2.75) is 25.8 Å². The lowest BCUT2D eigenvalue weighted by atomic mass is 10.1. The first-order chi connectivity index (χ1) is 7.61. The first-order valence-corrected chi connectivity index (χ1v) is 5.99. The smallest absolute Gasteiger partial charge is 0.138 e. The molecule has 0 aliphatic heterocycles. The van der Waals surface area contributed by atoms with Gasteiger partial charge in [-0.2, -0.15) is 0 Å². The number of thiocarbonyl (C=S) groups is 1. The Hall–Kier alpha value is -1.16. The Morgan fingerprint density at radius 3 is 2.88 bits per heavy atom. The zero-order valence-electron chi connectivity index (χ0n) is 9.68. The quantitative estimate of drug-likeness (QED) is 0.810. The van der Waals surface area contributed by atoms with Gasteiger partial charge in [-0.25, -0.2) is 4.98 Å². The van der Waals surface area contributed by atoms with Gasteiger partial charge in [-0.15, -0.1) is 0 Å². The lowest BCUT2D eigenvalue weighted by Crippen LogP contribution is -2.33. The molecule has 1 aliphatic rings. The van der Waals surface area contributed by atoms with Gasteiger partial charge in [0.25, 0.3) is 0 Å². The molecule has 1 atom stereocenters. The predicted octanol–water partition coefficient (Wildman–Crippen LogP) is 1.95. The van der Waals surface area contributed by atoms with Gasteiger partial charge in [0.2, 0.25) is 0 Å². The van der Waals surface area contributed by atoms with Gasteiger partial charge in [0, 0.05) is 19.3 Å². The fraction of sp³-hybridized carbons (Fsp3) is 0.500. The minimum atomic E-state index is 0.415. The van der Waals surface area contributed by atoms with Crippen LogP contribution >= 0.6 is 12.2 Å². The maximum absolute atomic E-state index is 5.71. The van der Waals surface area contributed by atoms with E-state index in [0.717, 1.165) is 17.3 Å². The molecule has 0 bridgehead atoms. The summed E-state index contributed by atoms with van der Waals surface area (Å²) in [6, 6.07) is 4.30. The van der Waals surface area contributed by atoms with Gasteiger partial charge in [0.1, 0.15) is 10.8 Å². The Morgan fingerprint density at radius 2 is 2.31 bits per heavy atom. The summed E-state index contributed by atoms with van der Waals surface area (Å²) >= 11 is 5.05. The van der Waals surface area contributed by atoms with E-state index in [2.05, 4.69) is 23.9 Å². The predicted molar refractivity (Wildman–Crippen MR) is 70.7 cm³/mol. The van der Waals surface area contributed by atoms with Crippen LogP contribution in [0.15, 0.2) is 18.3 Å². The highest BCUT2D eigenvalue weighted by Crippen LogP contribution is 2.36. The van der Waals surface area contributed by atoms with Crippen LogP contribution in [-0.2, 0) is 0 Å². The molecule has 2 rings (SSSR count). The minimum absolute atomic E-state index is 0.415. The molecule has 1 unspecified atom stereocenters. The number of pyridine rings is 1. The van der Waals surface area contributed by atoms with Gasteiger partial charge in [0.15, 0.2) is 0 Å². The molecule has 1 aromatic heterocycles. The summed E-state index contributed by atoms with van der Waals surface area (Å²) < 4.78 is 0. The molecule has 2 N–H and O–H groups in total. The highest BCUT2D eigenvalue weighted by atomic mass is 32.1. The zero-order valence-corrected chi connectivity index (χ0v) is 10.5. The fourth-order valence-electron chi connectivity index (χ4n) is 1.96. The van der Waals surface area contributed by atoms with Crippen LogP contribution in [0.1, 0.15) is 25.3 Å². The lowest BCUT2D eigenvalue weighted by Gasteiger charge is -2.27. The molecule has 1 saturated carbocycles. The summed E-state index contributed by atoms with van der Waals surface area (Å²) in [4.78, 5) is 6.99. The molecule has 0 amide bonds. The van der Waals surface area contributed by atoms with Crippen molar-refractivity contribution in [3.05, 3.63) is 23.9 Å². The van der Waals surface area contributed by atoms with Crippen LogP contribution in [-0.4, -0.2) is 23.1 Å². The molecule has 16 heavy (non-hydrogen) atoms. The monoisotopic (exact) mass is 235 g/mol. The van der Waals surface area contributed by atoms with E-state index < -0.39 is 0 Å². The van der Waals surface area contributed by atoms with Crippen LogP contribution < -0.4 is 10.6 Å². The SMILES string of the molecule is CC(C1CC1)N(C)c1ncccc1C(N)=S. The molecule has 4 heteroatoms. The van der Waals surface area contributed by atoms with E-state index in [0.29, 0.717) is 11.0 Å². The second-order valence-corrected chi connectivity index (χ2v) is 4.87. The normalized spacial score (nSPS) is 16.9. The summed E-state index contributed by atoms with van der Waals surface area (Å²) in [5, 5.41) is 0. The Kier molecular flexibility index (Phi) is 3.10. The van der Waals surface area contributed by atoms with Gasteiger partial charge < -0.3 is 10.6 Å². The molecule has 1 aliphatic carbocycles. The van der Waals surface area contributed by atoms with Crippen molar-refractivity contribution in [1.82, 2.24) is 4.98 Å². The molecule has 0 radical (unpaired) electrons. The molecule has 3 nitrogen and oxygen atoms in total. The summed E-state index contributed by atoms with van der Waals surface area (Å²) in [5.74, 6) is 1.70. The average molecular weight is 235 g/mol. The van der Waals surface area contributed by atoms with E-state index in [1.165, 1.54) is 12.8 Å². The van der Waals surface area contributed by atoms with E-state index in [1.54, 1.807) is 6.20 Å². The molecule has 1 aromatic rings. The number of hydrogen-bond donors (Lipinski definition) is 1. The Morgan fingerprint density at radius 1 is 1.62 bits per heavy atom. The first kappa shape index (κ1) is 11.3. The van der Waals surface area contributed by atoms with E-state index in [1.807, 2.05) is 12.1 Å². The van der Waals surface area contributed by atoms with Crippen molar-refractivity contribution >= 4 is 23.0 Å². The van der Waals surface area contributed by atoms with E-state index in [-0.39, 0.29) is 0 Å². The maximum Gasteiger partial charge on any atom is 0.138 e. The molecule has 0 spiro atoms.